The van der Waals surface area contributed by atoms with Crippen molar-refractivity contribution in [1.82, 2.24) is 44.3 Å². The number of H-pyrrole nitrogens is 1. The molecule has 0 atom stereocenters. The van der Waals surface area contributed by atoms with Crippen molar-refractivity contribution < 1.29 is 74.9 Å². The van der Waals surface area contributed by atoms with Crippen molar-refractivity contribution in [3.63, 3.8) is 0 Å². The van der Waals surface area contributed by atoms with Crippen LogP contribution in [0.3, 0.4) is 0 Å². The van der Waals surface area contributed by atoms with Crippen molar-refractivity contribution in [3.8, 4) is 34.3 Å². The molecular formula is C46H56F3N9O14S. The Bertz CT molecular complexity index is 3050. The van der Waals surface area contributed by atoms with Gasteiger partial charge in [-0.25, -0.2) is 18.2 Å². The smallest absolute Gasteiger partial charge is 0.471 e. The summed E-state index contributed by atoms with van der Waals surface area (Å²) in [6, 6.07) is 9.94. The molecule has 5 N–H and O–H groups in total. The number of fused-ring (bicyclic) bond motifs is 1. The number of likely N-dealkylation sites (N-methyl/N-ethyl adjacent to an activating group) is 1. The van der Waals surface area contributed by atoms with Crippen LogP contribution in [0, 0.1) is 20.8 Å². The van der Waals surface area contributed by atoms with E-state index in [1.165, 1.54) is 8.99 Å². The summed E-state index contributed by atoms with van der Waals surface area (Å²) in [7, 11) is -0.00831. The molecule has 6 aromatic rings. The van der Waals surface area contributed by atoms with Gasteiger partial charge in [0.15, 0.2) is 11.1 Å². The van der Waals surface area contributed by atoms with E-state index in [4.69, 9.17) is 39.4 Å². The van der Waals surface area contributed by atoms with Gasteiger partial charge in [0.2, 0.25) is 15.8 Å². The zero-order valence-corrected chi connectivity index (χ0v) is 41.8. The van der Waals surface area contributed by atoms with E-state index in [1.54, 1.807) is 37.4 Å². The van der Waals surface area contributed by atoms with Crippen LogP contribution in [0.1, 0.15) is 73.7 Å². The summed E-state index contributed by atoms with van der Waals surface area (Å²) in [6.45, 7) is 12.4. The molecule has 1 aliphatic rings. The Kier molecular flexibility index (Phi) is 18.6. The molecule has 396 valence electrons. The molecule has 23 nitrogen and oxygen atoms in total. The molecule has 0 bridgehead atoms. The second kappa shape index (κ2) is 24.0. The van der Waals surface area contributed by atoms with Crippen LogP contribution >= 0.6 is 0 Å². The lowest BCUT2D eigenvalue weighted by Gasteiger charge is -2.31. The van der Waals surface area contributed by atoms with Gasteiger partial charge in [-0.05, 0) is 89.0 Å². The number of nitrogens with zero attached hydrogens (tertiary/aromatic N) is 8. The van der Waals surface area contributed by atoms with Crippen LogP contribution in [0.15, 0.2) is 55.1 Å². The van der Waals surface area contributed by atoms with Crippen molar-refractivity contribution >= 4 is 39.0 Å². The monoisotopic (exact) mass is 1050 g/mol. The van der Waals surface area contributed by atoms with E-state index in [-0.39, 0.29) is 22.1 Å². The Balaban J connectivity index is 0.000000222. The van der Waals surface area contributed by atoms with Gasteiger partial charge >= 0.3 is 30.0 Å². The zero-order chi connectivity index (χ0) is 54.0. The molecule has 4 aromatic heterocycles. The number of rotatable bonds is 18. The van der Waals surface area contributed by atoms with Crippen LogP contribution in [0.4, 0.5) is 13.2 Å². The van der Waals surface area contributed by atoms with E-state index < -0.39 is 58.4 Å². The van der Waals surface area contributed by atoms with E-state index in [0.29, 0.717) is 85.9 Å². The first-order valence-electron chi connectivity index (χ1n) is 22.7. The molecule has 1 aliphatic heterocycles. The number of aliphatic carboxylic acids is 3. The average Bonchev–Trinajstić information content (AvgIpc) is 4.05. The van der Waals surface area contributed by atoms with Crippen LogP contribution < -0.4 is 15.0 Å². The Morgan fingerprint density at radius 2 is 1.51 bits per heavy atom. The molecule has 73 heavy (non-hydrogen) atoms. The molecule has 0 spiro atoms. The third-order valence-electron chi connectivity index (χ3n) is 11.0. The standard InChI is InChI=1S/C22H30N6O4S.C18H18F3N3O3.C6H8O7/c1-5-7-17-19-20(27(4)25-17)22(29)24-21(23-19)16-14-15(8-9-18(16)32-6-2)33(30,31)28-12-10-26(3)11-13-28;1-10-7-13(16-22-17(27-24-16)18(19,20)21)8-11(2)15(10)25-6-4-5-14-9-12(3)23-26-14;7-3(8)1-6(13,5(11)12)2-4(9)10/h8-9,14H,5-7,10-13H2,1-4H3,(H,23,24,29);7-9H,4-6H2,1-3H3;13H,1-2H2,(H,7,8)(H,9,10)(H,11,12). The molecule has 0 saturated carbocycles. The number of aromatic amines is 1. The highest BCUT2D eigenvalue weighted by molar-refractivity contribution is 7.89. The normalized spacial score (nSPS) is 13.5. The highest BCUT2D eigenvalue weighted by Crippen LogP contribution is 2.34. The summed E-state index contributed by atoms with van der Waals surface area (Å²) in [4.78, 5) is 56.6. The molecule has 0 radical (unpaired) electrons. The third-order valence-corrected chi connectivity index (χ3v) is 12.9. The molecular weight excluding hydrogens is 992 g/mol. The van der Waals surface area contributed by atoms with Gasteiger partial charge < -0.3 is 48.8 Å². The van der Waals surface area contributed by atoms with E-state index >= 15 is 0 Å². The van der Waals surface area contributed by atoms with Crippen molar-refractivity contribution in [3.05, 3.63) is 80.9 Å². The first-order chi connectivity index (χ1) is 34.3. The minimum atomic E-state index is -4.67. The number of benzene rings is 2. The second-order valence-corrected chi connectivity index (χ2v) is 18.9. The largest absolute Gasteiger partial charge is 0.493 e. The predicted octanol–water partition coefficient (Wildman–Crippen LogP) is 5.04. The van der Waals surface area contributed by atoms with Crippen LogP contribution in [0.25, 0.3) is 33.8 Å². The number of ether oxygens (including phenoxy) is 2. The molecule has 5 heterocycles. The van der Waals surface area contributed by atoms with Crippen molar-refractivity contribution in [2.75, 3.05) is 46.4 Å². The lowest BCUT2D eigenvalue weighted by Crippen LogP contribution is -2.47. The Morgan fingerprint density at radius 3 is 2.04 bits per heavy atom. The maximum absolute atomic E-state index is 13.3. The number of carboxylic acid groups (broad SMARTS) is 3. The van der Waals surface area contributed by atoms with Gasteiger partial charge in [0.1, 0.15) is 28.6 Å². The number of sulfonamides is 1. The fraction of sp³-hybridized carbons (Fsp3) is 0.457. The maximum atomic E-state index is 13.3. The first kappa shape index (κ1) is 56.7. The number of piperazine rings is 1. The Labute approximate surface area is 415 Å². The maximum Gasteiger partial charge on any atom is 0.471 e. The van der Waals surface area contributed by atoms with Crippen LogP contribution in [-0.2, 0) is 50.5 Å². The molecule has 0 aliphatic carbocycles. The predicted molar refractivity (Wildman–Crippen MR) is 252 cm³/mol. The number of aromatic nitrogens is 7. The molecule has 1 fully saturated rings. The number of nitrogens with one attached hydrogen (secondary N) is 1. The van der Waals surface area contributed by atoms with Gasteiger partial charge in [-0.15, -0.1) is 0 Å². The van der Waals surface area contributed by atoms with Crippen LogP contribution in [-0.4, -0.2) is 143 Å². The highest BCUT2D eigenvalue weighted by atomic mass is 32.2. The van der Waals surface area contributed by atoms with Gasteiger partial charge in [0.25, 0.3) is 5.56 Å². The lowest BCUT2D eigenvalue weighted by atomic mass is 9.96. The zero-order valence-electron chi connectivity index (χ0n) is 40.9. The van der Waals surface area contributed by atoms with E-state index in [9.17, 15) is 40.8 Å². The number of aliphatic hydroxyl groups is 1. The molecule has 0 unspecified atom stereocenters. The molecule has 1 saturated heterocycles. The summed E-state index contributed by atoms with van der Waals surface area (Å²) >= 11 is 0. The minimum Gasteiger partial charge on any atom is -0.493 e. The number of hydrogen-bond acceptors (Lipinski definition) is 17. The van der Waals surface area contributed by atoms with Gasteiger partial charge in [-0.2, -0.15) is 27.6 Å². The summed E-state index contributed by atoms with van der Waals surface area (Å²) in [6.07, 6.45) is -3.96. The molecule has 2 aromatic carbocycles. The number of alkyl halides is 3. The highest BCUT2D eigenvalue weighted by Gasteiger charge is 2.41. The quantitative estimate of drug-likeness (QED) is 0.0704. The van der Waals surface area contributed by atoms with E-state index in [1.807, 2.05) is 47.7 Å². The van der Waals surface area contributed by atoms with Crippen molar-refractivity contribution in [2.24, 2.45) is 7.05 Å². The summed E-state index contributed by atoms with van der Waals surface area (Å²) < 4.78 is 88.5. The summed E-state index contributed by atoms with van der Waals surface area (Å²) in [5, 5.41) is 45.5. The van der Waals surface area contributed by atoms with Gasteiger partial charge in [0, 0.05) is 51.3 Å². The number of aryl methyl sites for hydroxylation is 6. The van der Waals surface area contributed by atoms with Crippen LogP contribution in [0.5, 0.6) is 11.5 Å². The Hall–Kier alpha value is -7.23. The SMILES string of the molecule is CCCc1nn(C)c2c(=O)[nH]c(-c3cc(S(=O)(=O)N4CCN(C)CC4)ccc3OCC)nc12.Cc1cc(CCCOc2c(C)cc(-c3noc(C(F)(F)F)n3)cc2C)on1.O=C(O)CC(O)(CC(=O)O)C(=O)O. The van der Waals surface area contributed by atoms with Gasteiger partial charge in [-0.3, -0.25) is 19.1 Å². The number of hydrogen-bond donors (Lipinski definition) is 5. The Morgan fingerprint density at radius 1 is 0.863 bits per heavy atom. The lowest BCUT2D eigenvalue weighted by molar-refractivity contribution is -0.170. The topological polar surface area (TPSA) is 320 Å². The van der Waals surface area contributed by atoms with Crippen molar-refractivity contribution in [1.29, 1.82) is 0 Å². The summed E-state index contributed by atoms with van der Waals surface area (Å²) in [5.41, 5.74) is 1.84. The molecule has 27 heteroatoms. The van der Waals surface area contributed by atoms with Gasteiger partial charge in [-0.1, -0.05) is 23.7 Å². The first-order valence-corrected chi connectivity index (χ1v) is 24.1. The van der Waals surface area contributed by atoms with E-state index in [2.05, 4.69) is 34.8 Å². The number of carbonyl (C=O) groups is 3. The molecule has 7 rings (SSSR count). The molecule has 0 amide bonds. The fourth-order valence-electron chi connectivity index (χ4n) is 7.52. The average molecular weight is 1050 g/mol. The van der Waals surface area contributed by atoms with Gasteiger partial charge in [0.05, 0.1) is 47.9 Å². The fourth-order valence-corrected chi connectivity index (χ4v) is 8.97. The number of halogens is 3. The number of carboxylic acids is 3. The summed E-state index contributed by atoms with van der Waals surface area (Å²) in [5.74, 6) is -4.29. The third kappa shape index (κ3) is 14.5. The minimum absolute atomic E-state index is 0.110. The van der Waals surface area contributed by atoms with E-state index in [0.717, 1.165) is 41.1 Å². The van der Waals surface area contributed by atoms with Crippen LogP contribution in [0.2, 0.25) is 0 Å². The van der Waals surface area contributed by atoms with Crippen molar-refractivity contribution in [2.45, 2.75) is 89.8 Å². The second-order valence-electron chi connectivity index (χ2n) is 17.0.